The van der Waals surface area contributed by atoms with Crippen LogP contribution in [0.2, 0.25) is 0 Å². The molecule has 0 unspecified atom stereocenters. The van der Waals surface area contributed by atoms with Gasteiger partial charge < -0.3 is 24.4 Å². The second-order valence-electron chi connectivity index (χ2n) is 3.27. The van der Waals surface area contributed by atoms with Gasteiger partial charge in [-0.1, -0.05) is 12.1 Å². The van der Waals surface area contributed by atoms with Crippen molar-refractivity contribution in [2.24, 2.45) is 5.73 Å². The summed E-state index contributed by atoms with van der Waals surface area (Å²) in [6.45, 7) is 0. The number of carbonyl (C=O) groups excluding carboxylic acids is 1. The Labute approximate surface area is 155 Å². The molecule has 1 aromatic carbocycles. The summed E-state index contributed by atoms with van der Waals surface area (Å²) in [4.78, 5) is 10.4. The number of carbonyl (C=O) groups is 1. The van der Waals surface area contributed by atoms with Crippen LogP contribution < -0.4 is 74.1 Å². The van der Waals surface area contributed by atoms with E-state index in [9.17, 15) is 22.9 Å². The molecule has 0 fully saturated rings. The zero-order chi connectivity index (χ0) is 13.1. The maximum atomic E-state index is 10.4. The van der Waals surface area contributed by atoms with E-state index in [1.165, 1.54) is 24.3 Å². The SMILES string of the molecule is N[C@@H](Cc1ccc(OS(=O)(=O)[O-])cc1)C(=O)[O-].[Na+].[Na+]. The van der Waals surface area contributed by atoms with Crippen molar-refractivity contribution in [1.29, 1.82) is 0 Å². The Morgan fingerprint density at radius 1 is 1.26 bits per heavy atom. The number of hydrogen-bond donors (Lipinski definition) is 1. The molecule has 0 saturated heterocycles. The molecule has 0 aromatic heterocycles. The predicted molar refractivity (Wildman–Crippen MR) is 53.5 cm³/mol. The van der Waals surface area contributed by atoms with Crippen LogP contribution in [0.15, 0.2) is 24.3 Å². The molecule has 2 N–H and O–H groups in total. The van der Waals surface area contributed by atoms with Crippen LogP contribution >= 0.6 is 0 Å². The molecule has 0 saturated carbocycles. The molecular weight excluding hydrogens is 296 g/mol. The van der Waals surface area contributed by atoms with Crippen LogP contribution in [0.3, 0.4) is 0 Å². The van der Waals surface area contributed by atoms with Gasteiger partial charge in [0.2, 0.25) is 0 Å². The third kappa shape index (κ3) is 9.01. The fourth-order valence-electron chi connectivity index (χ4n) is 1.14. The zero-order valence-corrected chi connectivity index (χ0v) is 15.3. The summed E-state index contributed by atoms with van der Waals surface area (Å²) in [6.07, 6.45) is 0.0345. The Morgan fingerprint density at radius 2 is 1.74 bits per heavy atom. The van der Waals surface area contributed by atoms with E-state index in [-0.39, 0.29) is 71.3 Å². The van der Waals surface area contributed by atoms with Gasteiger partial charge in [0.25, 0.3) is 10.4 Å². The minimum Gasteiger partial charge on any atom is -0.716 e. The maximum absolute atomic E-state index is 10.4. The van der Waals surface area contributed by atoms with E-state index in [1.807, 2.05) is 0 Å². The molecule has 1 rings (SSSR count). The number of hydrogen-bond acceptors (Lipinski definition) is 7. The first-order chi connectivity index (χ1) is 7.78. The first-order valence-electron chi connectivity index (χ1n) is 4.48. The predicted octanol–water partition coefficient (Wildman–Crippen LogP) is -7.85. The van der Waals surface area contributed by atoms with Gasteiger partial charge in [-0.05, 0) is 24.1 Å². The molecule has 0 aliphatic rings. The molecule has 94 valence electrons. The summed E-state index contributed by atoms with van der Waals surface area (Å²) in [5.74, 6) is -1.53. The van der Waals surface area contributed by atoms with Gasteiger partial charge in [-0.15, -0.1) is 0 Å². The van der Waals surface area contributed by atoms with E-state index in [2.05, 4.69) is 4.18 Å². The molecule has 1 aromatic rings. The monoisotopic (exact) mass is 305 g/mol. The number of carboxylic acid groups (broad SMARTS) is 1. The summed E-state index contributed by atoms with van der Waals surface area (Å²) in [5.41, 5.74) is 5.80. The number of carboxylic acids is 1. The average Bonchev–Trinajstić information content (AvgIpc) is 2.18. The van der Waals surface area contributed by atoms with E-state index in [4.69, 9.17) is 5.73 Å². The van der Waals surface area contributed by atoms with Gasteiger partial charge in [0, 0.05) is 6.04 Å². The Morgan fingerprint density at radius 3 is 2.11 bits per heavy atom. The summed E-state index contributed by atoms with van der Waals surface area (Å²) in [7, 11) is -4.81. The van der Waals surface area contributed by atoms with Crippen LogP contribution in [0.25, 0.3) is 0 Å². The van der Waals surface area contributed by atoms with Crippen molar-refractivity contribution in [2.45, 2.75) is 12.5 Å². The molecule has 0 spiro atoms. The van der Waals surface area contributed by atoms with E-state index in [0.717, 1.165) is 0 Å². The standard InChI is InChI=1S/C9H11NO6S.2Na/c10-8(9(11)12)5-6-1-3-7(4-2-6)16-17(13,14)15;;/h1-4,8H,5,10H2,(H,11,12)(H,13,14,15);;/q;2*+1/p-2/t8-;;/m0../s1. The maximum Gasteiger partial charge on any atom is 1.00 e. The molecule has 0 heterocycles. The number of rotatable bonds is 5. The minimum absolute atomic E-state index is 0. The van der Waals surface area contributed by atoms with Gasteiger partial charge in [0.05, 0.1) is 5.97 Å². The Kier molecular flexibility index (Phi) is 10.6. The number of benzene rings is 1. The smallest absolute Gasteiger partial charge is 0.716 e. The largest absolute Gasteiger partial charge is 1.00 e. The number of nitrogens with two attached hydrogens (primary N) is 1. The van der Waals surface area contributed by atoms with Gasteiger partial charge in [-0.2, -0.15) is 0 Å². The van der Waals surface area contributed by atoms with Gasteiger partial charge in [-0.25, -0.2) is 8.42 Å². The van der Waals surface area contributed by atoms with Gasteiger partial charge in [-0.3, -0.25) is 0 Å². The van der Waals surface area contributed by atoms with E-state index in [0.29, 0.717) is 5.56 Å². The summed E-state index contributed by atoms with van der Waals surface area (Å²) >= 11 is 0. The van der Waals surface area contributed by atoms with Crippen molar-refractivity contribution >= 4 is 16.4 Å². The third-order valence-electron chi connectivity index (χ3n) is 1.88. The molecule has 0 amide bonds. The molecule has 0 aliphatic heterocycles. The molecule has 1 atom stereocenters. The van der Waals surface area contributed by atoms with Gasteiger partial charge in [0.15, 0.2) is 0 Å². The van der Waals surface area contributed by atoms with Crippen molar-refractivity contribution in [3.05, 3.63) is 29.8 Å². The first kappa shape index (κ1) is 21.7. The Hall–Kier alpha value is 0.360. The second kappa shape index (κ2) is 9.32. The minimum atomic E-state index is -4.81. The molecule has 7 nitrogen and oxygen atoms in total. The third-order valence-corrected chi connectivity index (χ3v) is 2.28. The van der Waals surface area contributed by atoms with Crippen LogP contribution in [0.4, 0.5) is 0 Å². The molecule has 0 radical (unpaired) electrons. The zero-order valence-electron chi connectivity index (χ0n) is 10.5. The quantitative estimate of drug-likeness (QED) is 0.324. The van der Waals surface area contributed by atoms with E-state index >= 15 is 0 Å². The molecule has 0 aliphatic carbocycles. The molecule has 19 heavy (non-hydrogen) atoms. The summed E-state index contributed by atoms with van der Waals surface area (Å²) < 4.78 is 34.9. The van der Waals surface area contributed by atoms with Crippen LogP contribution in [-0.4, -0.2) is 25.0 Å². The van der Waals surface area contributed by atoms with Crippen molar-refractivity contribution in [1.82, 2.24) is 0 Å². The first-order valence-corrected chi connectivity index (χ1v) is 5.82. The van der Waals surface area contributed by atoms with Crippen molar-refractivity contribution < 1.29 is 86.2 Å². The summed E-state index contributed by atoms with van der Waals surface area (Å²) in [5, 5.41) is 10.4. The van der Waals surface area contributed by atoms with Crippen LogP contribution in [0.1, 0.15) is 5.56 Å². The summed E-state index contributed by atoms with van der Waals surface area (Å²) in [6, 6.07) is 4.12. The van der Waals surface area contributed by atoms with Crippen LogP contribution in [0.5, 0.6) is 5.75 Å². The Balaban J connectivity index is 0. The second-order valence-corrected chi connectivity index (χ2v) is 4.25. The Bertz CT molecular complexity index is 504. The fraction of sp³-hybridized carbons (Fsp3) is 0.222. The topological polar surface area (TPSA) is 133 Å². The normalized spacial score (nSPS) is 11.7. The van der Waals surface area contributed by atoms with Gasteiger partial charge >= 0.3 is 59.1 Å². The van der Waals surface area contributed by atoms with Gasteiger partial charge in [0.1, 0.15) is 5.75 Å². The van der Waals surface area contributed by atoms with Crippen molar-refractivity contribution in [2.75, 3.05) is 0 Å². The van der Waals surface area contributed by atoms with Crippen LogP contribution in [0, 0.1) is 0 Å². The fourth-order valence-corrected chi connectivity index (χ4v) is 1.48. The van der Waals surface area contributed by atoms with Crippen molar-refractivity contribution in [3.63, 3.8) is 0 Å². The van der Waals surface area contributed by atoms with Crippen LogP contribution in [-0.2, 0) is 21.6 Å². The molecular formula is C9H9NNa2O6S. The molecule has 0 bridgehead atoms. The van der Waals surface area contributed by atoms with E-state index < -0.39 is 22.4 Å². The van der Waals surface area contributed by atoms with Crippen molar-refractivity contribution in [3.8, 4) is 5.75 Å². The average molecular weight is 305 g/mol. The molecule has 10 heteroatoms. The number of aliphatic carboxylic acids is 1. The van der Waals surface area contributed by atoms with E-state index in [1.54, 1.807) is 0 Å².